The lowest BCUT2D eigenvalue weighted by Gasteiger charge is -1.87. The average molecular weight is 220 g/mol. The molecule has 1 rings (SSSR count). The van der Waals surface area contributed by atoms with E-state index in [1.165, 1.54) is 0 Å². The van der Waals surface area contributed by atoms with E-state index in [2.05, 4.69) is 4.98 Å². The summed E-state index contributed by atoms with van der Waals surface area (Å²) in [6.45, 7) is 3.30. The second-order valence-electron chi connectivity index (χ2n) is 2.26. The van der Waals surface area contributed by atoms with Crippen LogP contribution in [0.5, 0.6) is 0 Å². The molecule has 5 nitrogen and oxygen atoms in total. The molecule has 1 unspecified atom stereocenters. The molecule has 7 heteroatoms. The van der Waals surface area contributed by atoms with Gasteiger partial charge in [-0.3, -0.25) is 14.3 Å². The molecule has 0 spiro atoms. The van der Waals surface area contributed by atoms with Crippen molar-refractivity contribution in [3.05, 3.63) is 15.8 Å². The van der Waals surface area contributed by atoms with Crippen LogP contribution in [0.15, 0.2) is 4.34 Å². The van der Waals surface area contributed by atoms with Crippen LogP contribution in [0.25, 0.3) is 0 Å². The van der Waals surface area contributed by atoms with Gasteiger partial charge in [-0.15, -0.1) is 0 Å². The van der Waals surface area contributed by atoms with Crippen LogP contribution in [-0.2, 0) is 10.8 Å². The highest BCUT2D eigenvalue weighted by molar-refractivity contribution is 7.87. The summed E-state index contributed by atoms with van der Waals surface area (Å²) in [5.74, 6) is 0.435. The summed E-state index contributed by atoms with van der Waals surface area (Å²) in [5.41, 5.74) is 0.340. The summed E-state index contributed by atoms with van der Waals surface area (Å²) in [6.07, 6.45) is 0. The maximum atomic E-state index is 11.2. The van der Waals surface area contributed by atoms with Gasteiger partial charge in [-0.1, -0.05) is 6.92 Å². The molecule has 0 radical (unpaired) electrons. The molecule has 0 saturated carbocycles. The smallest absolute Gasteiger partial charge is 0.257 e. The number of rotatable bonds is 3. The van der Waals surface area contributed by atoms with E-state index in [9.17, 15) is 14.3 Å². The maximum Gasteiger partial charge on any atom is 0.347 e. The van der Waals surface area contributed by atoms with Crippen LogP contribution in [-0.4, -0.2) is 19.9 Å². The van der Waals surface area contributed by atoms with Gasteiger partial charge in [0.15, 0.2) is 4.34 Å². The van der Waals surface area contributed by atoms with Crippen molar-refractivity contribution >= 4 is 27.1 Å². The molecule has 0 N–H and O–H groups in total. The second kappa shape index (κ2) is 3.93. The Bertz CT molecular complexity index is 361. The van der Waals surface area contributed by atoms with Gasteiger partial charge < -0.3 is 0 Å². The lowest BCUT2D eigenvalue weighted by atomic mass is 10.5. The molecule has 0 aliphatic heterocycles. The summed E-state index contributed by atoms with van der Waals surface area (Å²) in [4.78, 5) is 13.8. The highest BCUT2D eigenvalue weighted by Crippen LogP contribution is 2.27. The molecule has 0 aliphatic rings. The van der Waals surface area contributed by atoms with Crippen molar-refractivity contribution in [2.24, 2.45) is 0 Å². The van der Waals surface area contributed by atoms with E-state index in [0.717, 1.165) is 11.3 Å². The highest BCUT2D eigenvalue weighted by atomic mass is 32.2. The van der Waals surface area contributed by atoms with Crippen molar-refractivity contribution in [3.8, 4) is 0 Å². The molecule has 0 aliphatic carbocycles. The van der Waals surface area contributed by atoms with Gasteiger partial charge in [-0.05, 0) is 18.3 Å². The van der Waals surface area contributed by atoms with Crippen molar-refractivity contribution < 1.29 is 9.13 Å². The SMILES string of the molecule is CCS(=O)c1nc(C)c([N+](=O)[O-])s1. The third kappa shape index (κ3) is 2.10. The summed E-state index contributed by atoms with van der Waals surface area (Å²) in [6, 6.07) is 0. The summed E-state index contributed by atoms with van der Waals surface area (Å²) in [5, 5.41) is 10.4. The Morgan fingerprint density at radius 2 is 2.31 bits per heavy atom. The van der Waals surface area contributed by atoms with E-state index in [4.69, 9.17) is 0 Å². The van der Waals surface area contributed by atoms with Crippen molar-refractivity contribution in [1.82, 2.24) is 4.98 Å². The molecule has 0 aromatic carbocycles. The van der Waals surface area contributed by atoms with E-state index in [-0.39, 0.29) is 5.00 Å². The molecule has 0 fully saturated rings. The minimum atomic E-state index is -1.19. The Morgan fingerprint density at radius 1 is 1.69 bits per heavy atom. The minimum Gasteiger partial charge on any atom is -0.257 e. The lowest BCUT2D eigenvalue weighted by Crippen LogP contribution is -1.92. The molecular formula is C6H8N2O3S2. The van der Waals surface area contributed by atoms with Crippen LogP contribution in [0.2, 0.25) is 0 Å². The fourth-order valence-electron chi connectivity index (χ4n) is 0.754. The predicted octanol–water partition coefficient (Wildman–Crippen LogP) is 1.49. The number of aromatic nitrogens is 1. The zero-order chi connectivity index (χ0) is 10.0. The fraction of sp³-hybridized carbons (Fsp3) is 0.500. The summed E-state index contributed by atoms with van der Waals surface area (Å²) >= 11 is 0.890. The Hall–Kier alpha value is -0.820. The number of thiazole rings is 1. The Labute approximate surface area is 81.4 Å². The summed E-state index contributed by atoms with van der Waals surface area (Å²) < 4.78 is 11.6. The topological polar surface area (TPSA) is 73.1 Å². The maximum absolute atomic E-state index is 11.2. The number of nitrogens with zero attached hydrogens (tertiary/aromatic N) is 2. The molecule has 1 atom stereocenters. The van der Waals surface area contributed by atoms with Crippen molar-refractivity contribution in [3.63, 3.8) is 0 Å². The molecule has 1 heterocycles. The molecule has 1 aromatic heterocycles. The largest absolute Gasteiger partial charge is 0.347 e. The quantitative estimate of drug-likeness (QED) is 0.571. The Morgan fingerprint density at radius 3 is 2.69 bits per heavy atom. The Balaban J connectivity index is 3.09. The molecule has 0 saturated heterocycles. The molecule has 13 heavy (non-hydrogen) atoms. The van der Waals surface area contributed by atoms with Gasteiger partial charge in [0.25, 0.3) is 0 Å². The van der Waals surface area contributed by atoms with Crippen LogP contribution in [0.3, 0.4) is 0 Å². The predicted molar refractivity (Wildman–Crippen MR) is 50.5 cm³/mol. The molecule has 0 amide bonds. The first kappa shape index (κ1) is 10.3. The molecule has 72 valence electrons. The standard InChI is InChI=1S/C6H8N2O3S2/c1-3-13(11)6-7-4(2)5(12-6)8(9)10/h3H2,1-2H3. The first-order chi connectivity index (χ1) is 6.06. The van der Waals surface area contributed by atoms with Gasteiger partial charge in [-0.25, -0.2) is 4.98 Å². The van der Waals surface area contributed by atoms with Crippen LogP contribution in [0.1, 0.15) is 12.6 Å². The van der Waals surface area contributed by atoms with E-state index >= 15 is 0 Å². The van der Waals surface area contributed by atoms with Crippen LogP contribution >= 0.6 is 11.3 Å². The van der Waals surface area contributed by atoms with Crippen LogP contribution in [0.4, 0.5) is 5.00 Å². The third-order valence-electron chi connectivity index (χ3n) is 1.38. The van der Waals surface area contributed by atoms with Crippen LogP contribution < -0.4 is 0 Å². The molecular weight excluding hydrogens is 212 g/mol. The van der Waals surface area contributed by atoms with Gasteiger partial charge in [0.05, 0.1) is 15.7 Å². The number of hydrogen-bond acceptors (Lipinski definition) is 5. The van der Waals surface area contributed by atoms with E-state index in [0.29, 0.717) is 15.8 Å². The van der Waals surface area contributed by atoms with Crippen molar-refractivity contribution in [2.45, 2.75) is 18.2 Å². The zero-order valence-corrected chi connectivity index (χ0v) is 8.78. The first-order valence-corrected chi connectivity index (χ1v) is 5.70. The third-order valence-corrected chi connectivity index (χ3v) is 4.09. The van der Waals surface area contributed by atoms with Crippen molar-refractivity contribution in [2.75, 3.05) is 5.75 Å². The first-order valence-electron chi connectivity index (χ1n) is 3.56. The van der Waals surface area contributed by atoms with Gasteiger partial charge >= 0.3 is 5.00 Å². The fourth-order valence-corrected chi connectivity index (χ4v) is 2.82. The summed E-state index contributed by atoms with van der Waals surface area (Å²) in [7, 11) is -1.19. The van der Waals surface area contributed by atoms with E-state index in [1.54, 1.807) is 13.8 Å². The Kier molecular flexibility index (Phi) is 3.10. The van der Waals surface area contributed by atoms with Gasteiger partial charge in [0.1, 0.15) is 5.69 Å². The zero-order valence-electron chi connectivity index (χ0n) is 7.14. The number of hydrogen-bond donors (Lipinski definition) is 0. The second-order valence-corrected chi connectivity index (χ2v) is 5.15. The highest BCUT2D eigenvalue weighted by Gasteiger charge is 2.19. The van der Waals surface area contributed by atoms with E-state index in [1.807, 2.05) is 0 Å². The van der Waals surface area contributed by atoms with Gasteiger partial charge in [-0.2, -0.15) is 0 Å². The van der Waals surface area contributed by atoms with Gasteiger partial charge in [0.2, 0.25) is 0 Å². The van der Waals surface area contributed by atoms with Crippen LogP contribution in [0, 0.1) is 17.0 Å². The number of nitro groups is 1. The average Bonchev–Trinajstić information content (AvgIpc) is 2.46. The minimum absolute atomic E-state index is 0.0169. The monoisotopic (exact) mass is 220 g/mol. The van der Waals surface area contributed by atoms with E-state index < -0.39 is 15.7 Å². The molecule has 1 aromatic rings. The normalized spacial score (nSPS) is 12.8. The lowest BCUT2D eigenvalue weighted by molar-refractivity contribution is -0.380. The van der Waals surface area contributed by atoms with Crippen molar-refractivity contribution in [1.29, 1.82) is 0 Å². The number of aryl methyl sites for hydroxylation is 1. The molecule has 0 bridgehead atoms. The van der Waals surface area contributed by atoms with Gasteiger partial charge in [0, 0.05) is 5.75 Å².